The van der Waals surface area contributed by atoms with E-state index in [0.717, 1.165) is 10.5 Å². The second-order valence-corrected chi connectivity index (χ2v) is 2.84. The van der Waals surface area contributed by atoms with Gasteiger partial charge >= 0.3 is 6.09 Å². The average molecular weight is 190 g/mol. The number of amides is 1. The average Bonchev–Trinajstić information content (AvgIpc) is 2.19. The first-order valence-electron chi connectivity index (χ1n) is 4.13. The summed E-state index contributed by atoms with van der Waals surface area (Å²) < 4.78 is 0. The van der Waals surface area contributed by atoms with Crippen LogP contribution in [0.15, 0.2) is 30.3 Å². The van der Waals surface area contributed by atoms with Crippen LogP contribution in [-0.4, -0.2) is 16.1 Å². The zero-order valence-electron chi connectivity index (χ0n) is 7.71. The molecule has 0 heterocycles. The maximum absolute atomic E-state index is 10.6. The highest BCUT2D eigenvalue weighted by Gasteiger charge is 2.19. The summed E-state index contributed by atoms with van der Waals surface area (Å²) in [6, 6.07) is 8.59. The van der Waals surface area contributed by atoms with Crippen molar-refractivity contribution in [2.24, 2.45) is 0 Å². The second-order valence-electron chi connectivity index (χ2n) is 2.84. The zero-order valence-corrected chi connectivity index (χ0v) is 7.71. The van der Waals surface area contributed by atoms with Crippen LogP contribution in [0.4, 0.5) is 4.79 Å². The van der Waals surface area contributed by atoms with E-state index in [4.69, 9.17) is 10.4 Å². The summed E-state index contributed by atoms with van der Waals surface area (Å²) in [6.07, 6.45) is 0.401. The first kappa shape index (κ1) is 10.1. The molecule has 1 N–H and O–H groups in total. The molecule has 1 aromatic carbocycles. The highest BCUT2D eigenvalue weighted by atomic mass is 16.4. The van der Waals surface area contributed by atoms with Crippen molar-refractivity contribution in [3.05, 3.63) is 35.9 Å². The number of nitriles is 1. The lowest BCUT2D eigenvalue weighted by molar-refractivity contribution is 0.154. The van der Waals surface area contributed by atoms with Crippen LogP contribution in [0.2, 0.25) is 0 Å². The molecule has 0 radical (unpaired) electrons. The van der Waals surface area contributed by atoms with Gasteiger partial charge in [-0.05, 0) is 12.5 Å². The summed E-state index contributed by atoms with van der Waals surface area (Å²) in [5.74, 6) is 0. The van der Waals surface area contributed by atoms with Crippen molar-refractivity contribution in [3.8, 4) is 6.19 Å². The number of hydrogen-bond donors (Lipinski definition) is 1. The molecule has 0 aliphatic rings. The highest BCUT2D eigenvalue weighted by molar-refractivity contribution is 5.67. The van der Waals surface area contributed by atoms with Crippen LogP contribution in [0.3, 0.4) is 0 Å². The first-order valence-corrected chi connectivity index (χ1v) is 4.13. The molecule has 0 aromatic heterocycles. The number of nitrogens with zero attached hydrogens (tertiary/aromatic N) is 2. The Morgan fingerprint density at radius 1 is 1.50 bits per heavy atom. The SMILES string of the molecule is CC(c1ccccc1)N(C#N)C(=O)O. The zero-order chi connectivity index (χ0) is 10.6. The van der Waals surface area contributed by atoms with Crippen molar-refractivity contribution in [1.82, 2.24) is 4.90 Å². The van der Waals surface area contributed by atoms with Crippen LogP contribution in [-0.2, 0) is 0 Å². The van der Waals surface area contributed by atoms with Crippen molar-refractivity contribution in [3.63, 3.8) is 0 Å². The van der Waals surface area contributed by atoms with E-state index in [0.29, 0.717) is 0 Å². The molecule has 0 bridgehead atoms. The van der Waals surface area contributed by atoms with Crippen LogP contribution >= 0.6 is 0 Å². The number of carbonyl (C=O) groups is 1. The van der Waals surface area contributed by atoms with Crippen molar-refractivity contribution >= 4 is 6.09 Å². The summed E-state index contributed by atoms with van der Waals surface area (Å²) in [6.45, 7) is 1.67. The Labute approximate surface area is 82.0 Å². The monoisotopic (exact) mass is 190 g/mol. The predicted octanol–water partition coefficient (Wildman–Crippen LogP) is 2.21. The molecule has 0 aliphatic carbocycles. The van der Waals surface area contributed by atoms with E-state index in [2.05, 4.69) is 0 Å². The Morgan fingerprint density at radius 2 is 2.07 bits per heavy atom. The van der Waals surface area contributed by atoms with E-state index >= 15 is 0 Å². The molecule has 1 aromatic rings. The van der Waals surface area contributed by atoms with Gasteiger partial charge in [0.15, 0.2) is 6.19 Å². The van der Waals surface area contributed by atoms with Gasteiger partial charge in [0.1, 0.15) is 0 Å². The summed E-state index contributed by atoms with van der Waals surface area (Å²) in [5.41, 5.74) is 0.802. The second kappa shape index (κ2) is 4.28. The molecule has 4 nitrogen and oxygen atoms in total. The number of rotatable bonds is 2. The molecule has 0 saturated heterocycles. The maximum Gasteiger partial charge on any atom is 0.421 e. The molecular weight excluding hydrogens is 180 g/mol. The molecular formula is C10H10N2O2. The minimum atomic E-state index is -1.23. The standard InChI is InChI=1S/C10H10N2O2/c1-8(12(7-11)10(13)14)9-5-3-2-4-6-9/h2-6,8H,1H3,(H,13,14). The lowest BCUT2D eigenvalue weighted by Crippen LogP contribution is -2.27. The van der Waals surface area contributed by atoms with Crippen molar-refractivity contribution in [2.45, 2.75) is 13.0 Å². The van der Waals surface area contributed by atoms with Gasteiger partial charge < -0.3 is 5.11 Å². The Hall–Kier alpha value is -2.02. The van der Waals surface area contributed by atoms with Gasteiger partial charge in [0, 0.05) is 0 Å². The topological polar surface area (TPSA) is 64.3 Å². The molecule has 1 rings (SSSR count). The van der Waals surface area contributed by atoms with Gasteiger partial charge in [0.2, 0.25) is 0 Å². The molecule has 0 saturated carbocycles. The molecule has 1 atom stereocenters. The number of hydrogen-bond acceptors (Lipinski definition) is 2. The maximum atomic E-state index is 10.6. The molecule has 0 spiro atoms. The van der Waals surface area contributed by atoms with Crippen LogP contribution < -0.4 is 0 Å². The summed E-state index contributed by atoms with van der Waals surface area (Å²) in [4.78, 5) is 11.4. The predicted molar refractivity (Wildman–Crippen MR) is 50.3 cm³/mol. The fourth-order valence-electron chi connectivity index (χ4n) is 1.18. The Kier molecular flexibility index (Phi) is 3.08. The molecule has 0 aliphatic heterocycles. The highest BCUT2D eigenvalue weighted by Crippen LogP contribution is 2.18. The summed E-state index contributed by atoms with van der Waals surface area (Å²) in [7, 11) is 0. The van der Waals surface area contributed by atoms with E-state index in [1.807, 2.05) is 18.2 Å². The van der Waals surface area contributed by atoms with Gasteiger partial charge in [0.05, 0.1) is 6.04 Å². The lowest BCUT2D eigenvalue weighted by atomic mass is 10.1. The van der Waals surface area contributed by atoms with E-state index in [-0.39, 0.29) is 0 Å². The van der Waals surface area contributed by atoms with Crippen LogP contribution in [0.25, 0.3) is 0 Å². The third-order valence-electron chi connectivity index (χ3n) is 1.98. The first-order chi connectivity index (χ1) is 6.66. The number of benzene rings is 1. The largest absolute Gasteiger partial charge is 0.464 e. The van der Waals surface area contributed by atoms with Gasteiger partial charge in [-0.1, -0.05) is 30.3 Å². The van der Waals surface area contributed by atoms with Crippen LogP contribution in [0.5, 0.6) is 0 Å². The molecule has 1 unspecified atom stereocenters. The Bertz CT molecular complexity index is 356. The van der Waals surface area contributed by atoms with Crippen LogP contribution in [0.1, 0.15) is 18.5 Å². The molecule has 4 heteroatoms. The third kappa shape index (κ3) is 2.02. The Morgan fingerprint density at radius 3 is 2.50 bits per heavy atom. The third-order valence-corrected chi connectivity index (χ3v) is 1.98. The molecule has 1 amide bonds. The normalized spacial score (nSPS) is 11.4. The molecule has 72 valence electrons. The molecule has 14 heavy (non-hydrogen) atoms. The number of carboxylic acid groups (broad SMARTS) is 1. The fourth-order valence-corrected chi connectivity index (χ4v) is 1.18. The molecule has 0 fully saturated rings. The van der Waals surface area contributed by atoms with E-state index in [1.165, 1.54) is 0 Å². The minimum Gasteiger partial charge on any atom is -0.464 e. The minimum absolute atomic E-state index is 0.446. The smallest absolute Gasteiger partial charge is 0.421 e. The van der Waals surface area contributed by atoms with Gasteiger partial charge in [-0.3, -0.25) is 0 Å². The van der Waals surface area contributed by atoms with Gasteiger partial charge in [0.25, 0.3) is 0 Å². The lowest BCUT2D eigenvalue weighted by Gasteiger charge is -2.18. The quantitative estimate of drug-likeness (QED) is 0.574. The van der Waals surface area contributed by atoms with E-state index in [1.54, 1.807) is 25.2 Å². The van der Waals surface area contributed by atoms with Crippen LogP contribution in [0, 0.1) is 11.5 Å². The fraction of sp³-hybridized carbons (Fsp3) is 0.200. The van der Waals surface area contributed by atoms with E-state index in [9.17, 15) is 4.79 Å². The van der Waals surface area contributed by atoms with Crippen molar-refractivity contribution < 1.29 is 9.90 Å². The van der Waals surface area contributed by atoms with Gasteiger partial charge in [-0.25, -0.2) is 9.69 Å². The van der Waals surface area contributed by atoms with Gasteiger partial charge in [-0.15, -0.1) is 0 Å². The summed E-state index contributed by atoms with van der Waals surface area (Å²) in [5, 5.41) is 17.3. The van der Waals surface area contributed by atoms with E-state index < -0.39 is 12.1 Å². The Balaban J connectivity index is 2.90. The van der Waals surface area contributed by atoms with Crippen molar-refractivity contribution in [2.75, 3.05) is 0 Å². The summed E-state index contributed by atoms with van der Waals surface area (Å²) >= 11 is 0. The van der Waals surface area contributed by atoms with Gasteiger partial charge in [-0.2, -0.15) is 5.26 Å². The van der Waals surface area contributed by atoms with Crippen molar-refractivity contribution in [1.29, 1.82) is 5.26 Å².